The van der Waals surface area contributed by atoms with Gasteiger partial charge in [-0.25, -0.2) is 4.98 Å². The summed E-state index contributed by atoms with van der Waals surface area (Å²) < 4.78 is 6.36. The maximum Gasteiger partial charge on any atom is 0.224 e. The van der Waals surface area contributed by atoms with Crippen molar-refractivity contribution in [3.8, 4) is 0 Å². The number of morpholine rings is 1. The van der Waals surface area contributed by atoms with Crippen LogP contribution in [0.2, 0.25) is 0 Å². The highest BCUT2D eigenvalue weighted by Gasteiger charge is 2.28. The van der Waals surface area contributed by atoms with Gasteiger partial charge in [-0.2, -0.15) is 4.98 Å². The van der Waals surface area contributed by atoms with Crippen LogP contribution in [-0.4, -0.2) is 54.0 Å². The molecular formula is C11H17BrN4O2. The van der Waals surface area contributed by atoms with Gasteiger partial charge in [0.05, 0.1) is 29.8 Å². The first-order valence-corrected chi connectivity index (χ1v) is 6.64. The van der Waals surface area contributed by atoms with Crippen molar-refractivity contribution < 1.29 is 9.84 Å². The Kier molecular flexibility index (Phi) is 4.36. The quantitative estimate of drug-likeness (QED) is 0.862. The lowest BCUT2D eigenvalue weighted by Gasteiger charge is -2.38. The molecule has 7 heteroatoms. The molecule has 0 saturated carbocycles. The highest BCUT2D eigenvalue weighted by molar-refractivity contribution is 9.10. The summed E-state index contributed by atoms with van der Waals surface area (Å²) in [5, 5.41) is 12.1. The highest BCUT2D eigenvalue weighted by atomic mass is 79.9. The number of aliphatic hydroxyl groups is 1. The first kappa shape index (κ1) is 13.5. The zero-order valence-corrected chi connectivity index (χ0v) is 12.0. The van der Waals surface area contributed by atoms with E-state index in [-0.39, 0.29) is 18.8 Å². The number of hydrogen-bond donors (Lipinski definition) is 2. The first-order chi connectivity index (χ1) is 8.65. The second-order valence-electron chi connectivity index (χ2n) is 4.25. The van der Waals surface area contributed by atoms with Crippen molar-refractivity contribution in [3.05, 3.63) is 10.7 Å². The molecule has 6 nitrogen and oxygen atoms in total. The number of hydrogen-bond acceptors (Lipinski definition) is 6. The molecule has 0 radical (unpaired) electrons. The van der Waals surface area contributed by atoms with Crippen molar-refractivity contribution in [2.75, 3.05) is 37.0 Å². The zero-order valence-electron chi connectivity index (χ0n) is 10.4. The number of rotatable bonds is 3. The number of aliphatic hydroxyl groups excluding tert-OH is 1. The Morgan fingerprint density at radius 1 is 1.67 bits per heavy atom. The van der Waals surface area contributed by atoms with Gasteiger partial charge in [-0.15, -0.1) is 0 Å². The number of halogens is 1. The summed E-state index contributed by atoms with van der Waals surface area (Å²) in [6.07, 6.45) is 1.56. The fourth-order valence-corrected chi connectivity index (χ4v) is 2.32. The minimum atomic E-state index is -0.166. The summed E-state index contributed by atoms with van der Waals surface area (Å²) in [6, 6.07) is 0.212. The minimum Gasteiger partial charge on any atom is -0.394 e. The van der Waals surface area contributed by atoms with Gasteiger partial charge in [0.15, 0.2) is 0 Å². The third-order valence-corrected chi connectivity index (χ3v) is 3.49. The van der Waals surface area contributed by atoms with Crippen LogP contribution >= 0.6 is 15.9 Å². The van der Waals surface area contributed by atoms with E-state index < -0.39 is 0 Å². The molecule has 1 aliphatic heterocycles. The largest absolute Gasteiger partial charge is 0.394 e. The molecule has 0 spiro atoms. The van der Waals surface area contributed by atoms with Gasteiger partial charge in [0.2, 0.25) is 5.95 Å². The summed E-state index contributed by atoms with van der Waals surface area (Å²) in [5.41, 5.74) is 0. The molecule has 0 amide bonds. The second kappa shape index (κ2) is 5.81. The highest BCUT2D eigenvalue weighted by Crippen LogP contribution is 2.28. The van der Waals surface area contributed by atoms with E-state index in [1.807, 2.05) is 0 Å². The van der Waals surface area contributed by atoms with Crippen LogP contribution in [0.4, 0.5) is 11.8 Å². The molecule has 1 aromatic heterocycles. The number of anilines is 2. The molecular weight excluding hydrogens is 300 g/mol. The molecule has 1 aliphatic rings. The molecule has 0 aromatic carbocycles. The second-order valence-corrected chi connectivity index (χ2v) is 5.11. The van der Waals surface area contributed by atoms with E-state index in [2.05, 4.69) is 43.0 Å². The summed E-state index contributed by atoms with van der Waals surface area (Å²) >= 11 is 3.47. The van der Waals surface area contributed by atoms with Crippen molar-refractivity contribution >= 4 is 27.7 Å². The summed E-state index contributed by atoms with van der Waals surface area (Å²) in [6.45, 7) is 3.29. The Hall–Kier alpha value is -0.920. The molecule has 2 rings (SSSR count). The average molecular weight is 317 g/mol. The predicted octanol–water partition coefficient (Wildman–Crippen LogP) is 0.867. The standard InChI is InChI=1S/C11H17BrN4O2/c1-7-6-18-8(5-17)4-16(7)10-9(12)3-14-11(13-2)15-10/h3,7-8,17H,4-6H2,1-2H3,(H,13,14,15). The third-order valence-electron chi connectivity index (χ3n) is 2.93. The number of aromatic nitrogens is 2. The Labute approximate surface area is 115 Å². The maximum atomic E-state index is 9.20. The van der Waals surface area contributed by atoms with Crippen LogP contribution in [0.5, 0.6) is 0 Å². The summed E-state index contributed by atoms with van der Waals surface area (Å²) in [5.74, 6) is 1.40. The van der Waals surface area contributed by atoms with Crippen LogP contribution in [0.15, 0.2) is 10.7 Å². The molecule has 0 aliphatic carbocycles. The van der Waals surface area contributed by atoms with Crippen LogP contribution in [0, 0.1) is 0 Å². The van der Waals surface area contributed by atoms with Crippen molar-refractivity contribution in [1.82, 2.24) is 9.97 Å². The van der Waals surface area contributed by atoms with E-state index in [0.29, 0.717) is 19.1 Å². The van der Waals surface area contributed by atoms with Crippen LogP contribution in [-0.2, 0) is 4.74 Å². The van der Waals surface area contributed by atoms with Crippen LogP contribution in [0.1, 0.15) is 6.92 Å². The molecule has 2 heterocycles. The van der Waals surface area contributed by atoms with E-state index in [4.69, 9.17) is 4.74 Å². The van der Waals surface area contributed by atoms with Gasteiger partial charge in [0.1, 0.15) is 5.82 Å². The Bertz CT molecular complexity index is 418. The average Bonchev–Trinajstić information content (AvgIpc) is 2.40. The van der Waals surface area contributed by atoms with Gasteiger partial charge >= 0.3 is 0 Å². The number of nitrogens with zero attached hydrogens (tertiary/aromatic N) is 3. The van der Waals surface area contributed by atoms with Crippen molar-refractivity contribution in [3.63, 3.8) is 0 Å². The van der Waals surface area contributed by atoms with Crippen LogP contribution < -0.4 is 10.2 Å². The van der Waals surface area contributed by atoms with E-state index >= 15 is 0 Å². The Morgan fingerprint density at radius 3 is 3.11 bits per heavy atom. The topological polar surface area (TPSA) is 70.5 Å². The van der Waals surface area contributed by atoms with E-state index in [1.54, 1.807) is 13.2 Å². The van der Waals surface area contributed by atoms with Crippen molar-refractivity contribution in [1.29, 1.82) is 0 Å². The fourth-order valence-electron chi connectivity index (χ4n) is 1.90. The van der Waals surface area contributed by atoms with E-state index in [9.17, 15) is 5.11 Å². The zero-order chi connectivity index (χ0) is 13.1. The van der Waals surface area contributed by atoms with Gasteiger partial charge in [0, 0.05) is 19.8 Å². The predicted molar refractivity (Wildman–Crippen MR) is 72.9 cm³/mol. The van der Waals surface area contributed by atoms with Crippen molar-refractivity contribution in [2.24, 2.45) is 0 Å². The monoisotopic (exact) mass is 316 g/mol. The van der Waals surface area contributed by atoms with Gasteiger partial charge in [-0.05, 0) is 22.9 Å². The molecule has 18 heavy (non-hydrogen) atoms. The SMILES string of the molecule is CNc1ncc(Br)c(N2CC(CO)OCC2C)n1. The smallest absolute Gasteiger partial charge is 0.224 e. The number of nitrogens with one attached hydrogen (secondary N) is 1. The fraction of sp³-hybridized carbons (Fsp3) is 0.636. The molecule has 1 fully saturated rings. The maximum absolute atomic E-state index is 9.20. The van der Waals surface area contributed by atoms with Crippen molar-refractivity contribution in [2.45, 2.75) is 19.1 Å². The van der Waals surface area contributed by atoms with Gasteiger partial charge < -0.3 is 20.1 Å². The normalized spacial score (nSPS) is 24.1. The Balaban J connectivity index is 2.27. The van der Waals surface area contributed by atoms with Gasteiger partial charge in [-0.1, -0.05) is 0 Å². The van der Waals surface area contributed by atoms with Gasteiger partial charge in [-0.3, -0.25) is 0 Å². The summed E-state index contributed by atoms with van der Waals surface area (Å²) in [7, 11) is 1.78. The van der Waals surface area contributed by atoms with Crippen LogP contribution in [0.25, 0.3) is 0 Å². The van der Waals surface area contributed by atoms with E-state index in [1.165, 1.54) is 0 Å². The minimum absolute atomic E-state index is 0.0187. The lowest BCUT2D eigenvalue weighted by Crippen LogP contribution is -2.50. The third kappa shape index (κ3) is 2.73. The van der Waals surface area contributed by atoms with E-state index in [0.717, 1.165) is 10.3 Å². The summed E-state index contributed by atoms with van der Waals surface area (Å²) in [4.78, 5) is 10.7. The molecule has 2 atom stereocenters. The molecule has 1 aromatic rings. The lowest BCUT2D eigenvalue weighted by molar-refractivity contribution is -0.0106. The Morgan fingerprint density at radius 2 is 2.44 bits per heavy atom. The van der Waals surface area contributed by atoms with Crippen LogP contribution in [0.3, 0.4) is 0 Å². The van der Waals surface area contributed by atoms with Gasteiger partial charge in [0.25, 0.3) is 0 Å². The molecule has 1 saturated heterocycles. The molecule has 2 unspecified atom stereocenters. The molecule has 100 valence electrons. The molecule has 2 N–H and O–H groups in total. The number of ether oxygens (including phenoxy) is 1. The molecule has 0 bridgehead atoms. The lowest BCUT2D eigenvalue weighted by atomic mass is 10.2. The first-order valence-electron chi connectivity index (χ1n) is 5.85.